The minimum Gasteiger partial charge on any atom is -0.497 e. The molecule has 3 rings (SSSR count). The number of aryl methyl sites for hydroxylation is 1. The van der Waals surface area contributed by atoms with Crippen LogP contribution in [0, 0.1) is 6.92 Å². The van der Waals surface area contributed by atoms with Crippen LogP contribution >= 0.6 is 0 Å². The van der Waals surface area contributed by atoms with Gasteiger partial charge in [0.25, 0.3) is 0 Å². The third kappa shape index (κ3) is 3.55. The Morgan fingerprint density at radius 2 is 2.00 bits per heavy atom. The average molecular weight is 309 g/mol. The summed E-state index contributed by atoms with van der Waals surface area (Å²) in [6.07, 6.45) is 2.58. The van der Waals surface area contributed by atoms with Gasteiger partial charge in [-0.3, -0.25) is 4.79 Å². The van der Waals surface area contributed by atoms with Gasteiger partial charge in [-0.1, -0.05) is 42.0 Å². The van der Waals surface area contributed by atoms with Crippen molar-refractivity contribution in [1.29, 1.82) is 0 Å². The molecular formula is C20H23NO2. The van der Waals surface area contributed by atoms with Gasteiger partial charge in [0.05, 0.1) is 19.6 Å². The molecule has 120 valence electrons. The molecule has 2 aromatic carbocycles. The Labute approximate surface area is 137 Å². The molecule has 0 spiro atoms. The molecule has 1 amide bonds. The van der Waals surface area contributed by atoms with Crippen LogP contribution in [0.2, 0.25) is 0 Å². The van der Waals surface area contributed by atoms with E-state index < -0.39 is 0 Å². The number of hydrogen-bond acceptors (Lipinski definition) is 2. The molecule has 1 aliphatic heterocycles. The molecule has 2 aromatic rings. The molecule has 0 aromatic heterocycles. The lowest BCUT2D eigenvalue weighted by atomic mass is 10.0. The van der Waals surface area contributed by atoms with Gasteiger partial charge in [-0.05, 0) is 43.0 Å². The molecular weight excluding hydrogens is 286 g/mol. The van der Waals surface area contributed by atoms with Gasteiger partial charge in [0.1, 0.15) is 5.75 Å². The SMILES string of the molecule is COc1ccc(CC(=O)N2CCC[C@H]2c2cccc(C)c2)cc1. The molecule has 0 radical (unpaired) electrons. The Hall–Kier alpha value is -2.29. The van der Waals surface area contributed by atoms with Gasteiger partial charge in [-0.25, -0.2) is 0 Å². The number of benzene rings is 2. The van der Waals surface area contributed by atoms with Crippen molar-refractivity contribution in [2.45, 2.75) is 32.2 Å². The number of carbonyl (C=O) groups excluding carboxylic acids is 1. The highest BCUT2D eigenvalue weighted by atomic mass is 16.5. The van der Waals surface area contributed by atoms with Gasteiger partial charge in [-0.15, -0.1) is 0 Å². The van der Waals surface area contributed by atoms with E-state index in [2.05, 4.69) is 31.2 Å². The van der Waals surface area contributed by atoms with Gasteiger partial charge in [0.15, 0.2) is 0 Å². The maximum absolute atomic E-state index is 12.7. The fourth-order valence-electron chi connectivity index (χ4n) is 3.31. The minimum atomic E-state index is 0.208. The van der Waals surface area contributed by atoms with Crippen LogP contribution in [0.3, 0.4) is 0 Å². The summed E-state index contributed by atoms with van der Waals surface area (Å²) < 4.78 is 5.16. The molecule has 0 saturated carbocycles. The van der Waals surface area contributed by atoms with Crippen molar-refractivity contribution < 1.29 is 9.53 Å². The second kappa shape index (κ2) is 6.86. The van der Waals surface area contributed by atoms with Gasteiger partial charge >= 0.3 is 0 Å². The van der Waals surface area contributed by atoms with Crippen LogP contribution < -0.4 is 4.74 Å². The molecule has 3 nitrogen and oxygen atoms in total. The maximum atomic E-state index is 12.7. The van der Waals surface area contributed by atoms with E-state index in [1.54, 1.807) is 7.11 Å². The van der Waals surface area contributed by atoms with Gasteiger partial charge in [0.2, 0.25) is 5.91 Å². The van der Waals surface area contributed by atoms with E-state index in [1.165, 1.54) is 11.1 Å². The van der Waals surface area contributed by atoms with E-state index in [0.717, 1.165) is 30.7 Å². The molecule has 0 bridgehead atoms. The van der Waals surface area contributed by atoms with Gasteiger partial charge in [-0.2, -0.15) is 0 Å². The smallest absolute Gasteiger partial charge is 0.227 e. The first-order valence-electron chi connectivity index (χ1n) is 8.16. The summed E-state index contributed by atoms with van der Waals surface area (Å²) in [6.45, 7) is 2.95. The molecule has 1 atom stereocenters. The summed E-state index contributed by atoms with van der Waals surface area (Å²) in [5, 5.41) is 0. The third-order valence-corrected chi connectivity index (χ3v) is 4.51. The van der Waals surface area contributed by atoms with E-state index in [1.807, 2.05) is 29.2 Å². The lowest BCUT2D eigenvalue weighted by Gasteiger charge is -2.25. The number of hydrogen-bond donors (Lipinski definition) is 0. The summed E-state index contributed by atoms with van der Waals surface area (Å²) >= 11 is 0. The van der Waals surface area contributed by atoms with Crippen LogP contribution in [-0.2, 0) is 11.2 Å². The number of methoxy groups -OCH3 is 1. The average Bonchev–Trinajstić information content (AvgIpc) is 3.05. The second-order valence-electron chi connectivity index (χ2n) is 6.18. The zero-order valence-corrected chi connectivity index (χ0v) is 13.8. The Morgan fingerprint density at radius 3 is 2.70 bits per heavy atom. The Morgan fingerprint density at radius 1 is 1.22 bits per heavy atom. The normalized spacial score (nSPS) is 17.3. The Kier molecular flexibility index (Phi) is 4.65. The largest absolute Gasteiger partial charge is 0.497 e. The molecule has 1 heterocycles. The number of nitrogens with zero attached hydrogens (tertiary/aromatic N) is 1. The monoisotopic (exact) mass is 309 g/mol. The number of amides is 1. The highest BCUT2D eigenvalue weighted by molar-refractivity contribution is 5.79. The van der Waals surface area contributed by atoms with Crippen molar-refractivity contribution in [1.82, 2.24) is 4.90 Å². The predicted molar refractivity (Wildman–Crippen MR) is 91.6 cm³/mol. The number of likely N-dealkylation sites (tertiary alicyclic amines) is 1. The second-order valence-corrected chi connectivity index (χ2v) is 6.18. The molecule has 0 N–H and O–H groups in total. The first-order chi connectivity index (χ1) is 11.2. The molecule has 23 heavy (non-hydrogen) atoms. The minimum absolute atomic E-state index is 0.208. The molecule has 1 fully saturated rings. The fraction of sp³-hybridized carbons (Fsp3) is 0.350. The van der Waals surface area contributed by atoms with E-state index in [0.29, 0.717) is 6.42 Å². The van der Waals surface area contributed by atoms with E-state index in [4.69, 9.17) is 4.74 Å². The summed E-state index contributed by atoms with van der Waals surface area (Å²) in [5.41, 5.74) is 3.54. The van der Waals surface area contributed by atoms with E-state index >= 15 is 0 Å². The highest BCUT2D eigenvalue weighted by Gasteiger charge is 2.29. The highest BCUT2D eigenvalue weighted by Crippen LogP contribution is 2.32. The van der Waals surface area contributed by atoms with Crippen molar-refractivity contribution >= 4 is 5.91 Å². The van der Waals surface area contributed by atoms with Crippen LogP contribution in [0.15, 0.2) is 48.5 Å². The zero-order chi connectivity index (χ0) is 16.2. The molecule has 1 aliphatic rings. The van der Waals surface area contributed by atoms with Crippen LogP contribution in [0.25, 0.3) is 0 Å². The maximum Gasteiger partial charge on any atom is 0.227 e. The lowest BCUT2D eigenvalue weighted by molar-refractivity contribution is -0.131. The van der Waals surface area contributed by atoms with E-state index in [-0.39, 0.29) is 11.9 Å². The zero-order valence-electron chi connectivity index (χ0n) is 13.8. The van der Waals surface area contributed by atoms with Crippen LogP contribution in [0.1, 0.15) is 35.6 Å². The van der Waals surface area contributed by atoms with Crippen LogP contribution in [0.5, 0.6) is 5.75 Å². The Balaban J connectivity index is 1.72. The Bertz CT molecular complexity index is 678. The summed E-state index contributed by atoms with van der Waals surface area (Å²) in [6, 6.07) is 16.5. The quantitative estimate of drug-likeness (QED) is 0.857. The van der Waals surface area contributed by atoms with Crippen molar-refractivity contribution in [3.05, 3.63) is 65.2 Å². The van der Waals surface area contributed by atoms with Crippen molar-refractivity contribution in [3.63, 3.8) is 0 Å². The topological polar surface area (TPSA) is 29.5 Å². The first-order valence-corrected chi connectivity index (χ1v) is 8.16. The van der Waals surface area contributed by atoms with E-state index in [9.17, 15) is 4.79 Å². The molecule has 1 saturated heterocycles. The first kappa shape index (κ1) is 15.6. The van der Waals surface area contributed by atoms with Crippen molar-refractivity contribution in [3.8, 4) is 5.75 Å². The lowest BCUT2D eigenvalue weighted by Crippen LogP contribution is -2.31. The van der Waals surface area contributed by atoms with Crippen molar-refractivity contribution in [2.75, 3.05) is 13.7 Å². The van der Waals surface area contributed by atoms with Gasteiger partial charge in [0, 0.05) is 6.54 Å². The molecule has 3 heteroatoms. The van der Waals surface area contributed by atoms with Crippen LogP contribution in [0.4, 0.5) is 0 Å². The summed E-state index contributed by atoms with van der Waals surface area (Å²) in [7, 11) is 1.65. The number of carbonyl (C=O) groups is 1. The number of rotatable bonds is 4. The summed E-state index contributed by atoms with van der Waals surface area (Å²) in [5.74, 6) is 1.03. The summed E-state index contributed by atoms with van der Waals surface area (Å²) in [4.78, 5) is 14.8. The van der Waals surface area contributed by atoms with Crippen LogP contribution in [-0.4, -0.2) is 24.5 Å². The van der Waals surface area contributed by atoms with Crippen molar-refractivity contribution in [2.24, 2.45) is 0 Å². The fourth-order valence-corrected chi connectivity index (χ4v) is 3.31. The molecule has 0 unspecified atom stereocenters. The van der Waals surface area contributed by atoms with Gasteiger partial charge < -0.3 is 9.64 Å². The third-order valence-electron chi connectivity index (χ3n) is 4.51. The number of ether oxygens (including phenoxy) is 1. The predicted octanol–water partition coefficient (Wildman–Crippen LogP) is 3.91. The molecule has 0 aliphatic carbocycles. The standard InChI is InChI=1S/C20H23NO2/c1-15-5-3-6-17(13-15)19-7-4-12-21(19)20(22)14-16-8-10-18(23-2)11-9-16/h3,5-6,8-11,13,19H,4,7,12,14H2,1-2H3/t19-/m0/s1.